The fraction of sp³-hybridized carbons (Fsp3) is 0.842. The van der Waals surface area contributed by atoms with E-state index in [1.807, 2.05) is 0 Å². The van der Waals surface area contributed by atoms with E-state index in [2.05, 4.69) is 17.1 Å². The molecule has 2 aliphatic heterocycles. The van der Waals surface area contributed by atoms with E-state index in [9.17, 15) is 13.2 Å². The smallest absolute Gasteiger partial charge is 0.226 e. The first-order valence-corrected chi connectivity index (χ1v) is 11.4. The van der Waals surface area contributed by atoms with Gasteiger partial charge in [-0.2, -0.15) is 0 Å². The van der Waals surface area contributed by atoms with Gasteiger partial charge in [0.2, 0.25) is 15.9 Å². The number of hydrogen-bond donors (Lipinski definition) is 0. The SMILES string of the molecule is CC(C)S(=O)(=O)N1CC[C@H]2[C@@H](CCCN2C(=O)[C@H]2C[C@H]3C=C[C@@H]2C3)C1. The fourth-order valence-electron chi connectivity index (χ4n) is 5.45. The van der Waals surface area contributed by atoms with Gasteiger partial charge < -0.3 is 4.90 Å². The van der Waals surface area contributed by atoms with Crippen LogP contribution in [0.25, 0.3) is 0 Å². The van der Waals surface area contributed by atoms with Crippen molar-refractivity contribution in [3.8, 4) is 0 Å². The van der Waals surface area contributed by atoms with Gasteiger partial charge in [0.1, 0.15) is 0 Å². The molecular weight excluding hydrogens is 336 g/mol. The van der Waals surface area contributed by atoms with Gasteiger partial charge in [0.15, 0.2) is 0 Å². The first-order valence-electron chi connectivity index (χ1n) is 9.85. The molecule has 25 heavy (non-hydrogen) atoms. The van der Waals surface area contributed by atoms with Crippen LogP contribution in [-0.4, -0.2) is 54.5 Å². The first kappa shape index (κ1) is 17.5. The molecule has 0 unspecified atom stereocenters. The van der Waals surface area contributed by atoms with Crippen LogP contribution in [0.5, 0.6) is 0 Å². The Morgan fingerprint density at radius 3 is 2.56 bits per heavy atom. The van der Waals surface area contributed by atoms with Crippen LogP contribution in [0.4, 0.5) is 0 Å². The van der Waals surface area contributed by atoms with E-state index in [-0.39, 0.29) is 17.2 Å². The van der Waals surface area contributed by atoms with E-state index in [4.69, 9.17) is 0 Å². The molecule has 2 aliphatic carbocycles. The third kappa shape index (κ3) is 2.95. The molecule has 0 spiro atoms. The molecule has 6 heteroatoms. The summed E-state index contributed by atoms with van der Waals surface area (Å²) in [6.07, 6.45) is 9.52. The number of amides is 1. The van der Waals surface area contributed by atoms with Crippen LogP contribution in [0.15, 0.2) is 12.2 Å². The number of likely N-dealkylation sites (tertiary alicyclic amines) is 1. The van der Waals surface area contributed by atoms with Gasteiger partial charge in [-0.05, 0) is 63.7 Å². The third-order valence-corrected chi connectivity index (χ3v) is 9.11. The van der Waals surface area contributed by atoms with Gasteiger partial charge in [0.05, 0.1) is 5.25 Å². The summed E-state index contributed by atoms with van der Waals surface area (Å²) >= 11 is 0. The lowest BCUT2D eigenvalue weighted by molar-refractivity contribution is -0.143. The molecule has 0 radical (unpaired) electrons. The number of carbonyl (C=O) groups excluding carboxylic acids is 1. The van der Waals surface area contributed by atoms with Crippen LogP contribution in [0, 0.1) is 23.7 Å². The maximum absolute atomic E-state index is 13.2. The Labute approximate surface area is 151 Å². The van der Waals surface area contributed by atoms with Crippen molar-refractivity contribution in [1.29, 1.82) is 0 Å². The van der Waals surface area contributed by atoms with Gasteiger partial charge in [0, 0.05) is 31.6 Å². The van der Waals surface area contributed by atoms with E-state index in [0.717, 1.165) is 38.6 Å². The molecule has 0 aromatic rings. The highest BCUT2D eigenvalue weighted by molar-refractivity contribution is 7.89. The fourth-order valence-corrected chi connectivity index (χ4v) is 6.81. The molecule has 0 N–H and O–H groups in total. The predicted octanol–water partition coefficient (Wildman–Crippen LogP) is 2.25. The Bertz CT molecular complexity index is 672. The van der Waals surface area contributed by atoms with Crippen molar-refractivity contribution in [2.24, 2.45) is 23.7 Å². The molecule has 3 fully saturated rings. The third-order valence-electron chi connectivity index (χ3n) is 6.87. The summed E-state index contributed by atoms with van der Waals surface area (Å²) in [4.78, 5) is 15.3. The maximum Gasteiger partial charge on any atom is 0.226 e. The van der Waals surface area contributed by atoms with Crippen molar-refractivity contribution in [2.75, 3.05) is 19.6 Å². The number of piperidine rings is 2. The van der Waals surface area contributed by atoms with E-state index in [1.54, 1.807) is 18.2 Å². The van der Waals surface area contributed by atoms with E-state index in [1.165, 1.54) is 0 Å². The number of fused-ring (bicyclic) bond motifs is 3. The Balaban J connectivity index is 1.47. The van der Waals surface area contributed by atoms with Gasteiger partial charge >= 0.3 is 0 Å². The number of sulfonamides is 1. The highest BCUT2D eigenvalue weighted by Gasteiger charge is 2.46. The van der Waals surface area contributed by atoms with Gasteiger partial charge in [0.25, 0.3) is 0 Å². The average Bonchev–Trinajstić information content (AvgIpc) is 3.23. The van der Waals surface area contributed by atoms with Crippen molar-refractivity contribution >= 4 is 15.9 Å². The number of rotatable bonds is 3. The zero-order valence-electron chi connectivity index (χ0n) is 15.3. The highest BCUT2D eigenvalue weighted by Crippen LogP contribution is 2.45. The summed E-state index contributed by atoms with van der Waals surface area (Å²) in [6, 6.07) is 0.239. The lowest BCUT2D eigenvalue weighted by Crippen LogP contribution is -2.58. The molecule has 1 amide bonds. The Morgan fingerprint density at radius 1 is 1.12 bits per heavy atom. The van der Waals surface area contributed by atoms with Crippen molar-refractivity contribution in [3.63, 3.8) is 0 Å². The Hall–Kier alpha value is -0.880. The zero-order valence-corrected chi connectivity index (χ0v) is 16.1. The lowest BCUT2D eigenvalue weighted by Gasteiger charge is -2.48. The second-order valence-electron chi connectivity index (χ2n) is 8.63. The molecule has 4 aliphatic rings. The molecule has 2 heterocycles. The summed E-state index contributed by atoms with van der Waals surface area (Å²) in [5, 5.41) is -0.369. The quantitative estimate of drug-likeness (QED) is 0.720. The standard InChI is InChI=1S/C19H30N2O3S/c1-13(2)25(23,24)20-9-7-18-16(12-20)4-3-8-21(18)19(22)17-11-14-5-6-15(17)10-14/h5-6,13-18H,3-4,7-12H2,1-2H3/t14-,15+,16-,17-,18-/m0/s1. The minimum absolute atomic E-state index is 0.172. The molecule has 5 nitrogen and oxygen atoms in total. The van der Waals surface area contributed by atoms with Crippen LogP contribution < -0.4 is 0 Å². The molecule has 4 rings (SSSR count). The maximum atomic E-state index is 13.2. The van der Waals surface area contributed by atoms with Crippen LogP contribution in [0.2, 0.25) is 0 Å². The van der Waals surface area contributed by atoms with Gasteiger partial charge in [-0.25, -0.2) is 12.7 Å². The Kier molecular flexibility index (Phi) is 4.47. The zero-order chi connectivity index (χ0) is 17.8. The van der Waals surface area contributed by atoms with Crippen LogP contribution in [0.3, 0.4) is 0 Å². The molecular formula is C19H30N2O3S. The van der Waals surface area contributed by atoms with Crippen molar-refractivity contribution in [2.45, 2.75) is 57.2 Å². The number of nitrogens with zero attached hydrogens (tertiary/aromatic N) is 2. The van der Waals surface area contributed by atoms with Gasteiger partial charge in [-0.3, -0.25) is 4.79 Å². The molecule has 140 valence electrons. The summed E-state index contributed by atoms with van der Waals surface area (Å²) in [5.41, 5.74) is 0. The van der Waals surface area contributed by atoms with Crippen LogP contribution in [0.1, 0.15) is 46.0 Å². The predicted molar refractivity (Wildman–Crippen MR) is 97.3 cm³/mol. The molecule has 0 aromatic carbocycles. The number of allylic oxidation sites excluding steroid dienone is 2. The molecule has 2 bridgehead atoms. The van der Waals surface area contributed by atoms with Crippen molar-refractivity contribution < 1.29 is 13.2 Å². The minimum atomic E-state index is -3.19. The van der Waals surface area contributed by atoms with E-state index in [0.29, 0.717) is 36.8 Å². The topological polar surface area (TPSA) is 57.7 Å². The molecule has 5 atom stereocenters. The van der Waals surface area contributed by atoms with Crippen molar-refractivity contribution in [3.05, 3.63) is 12.2 Å². The molecule has 2 saturated heterocycles. The van der Waals surface area contributed by atoms with E-state index < -0.39 is 10.0 Å². The lowest BCUT2D eigenvalue weighted by atomic mass is 9.82. The van der Waals surface area contributed by atoms with Gasteiger partial charge in [-0.15, -0.1) is 0 Å². The first-order chi connectivity index (χ1) is 11.9. The second kappa shape index (κ2) is 6.38. The van der Waals surface area contributed by atoms with Crippen LogP contribution in [-0.2, 0) is 14.8 Å². The number of carbonyl (C=O) groups is 1. The van der Waals surface area contributed by atoms with Crippen LogP contribution >= 0.6 is 0 Å². The van der Waals surface area contributed by atoms with Crippen molar-refractivity contribution in [1.82, 2.24) is 9.21 Å². The largest absolute Gasteiger partial charge is 0.339 e. The minimum Gasteiger partial charge on any atom is -0.339 e. The van der Waals surface area contributed by atoms with E-state index >= 15 is 0 Å². The normalized spacial score (nSPS) is 38.4. The highest BCUT2D eigenvalue weighted by atomic mass is 32.2. The summed E-state index contributed by atoms with van der Waals surface area (Å²) in [7, 11) is -3.19. The average molecular weight is 367 g/mol. The monoisotopic (exact) mass is 366 g/mol. The second-order valence-corrected chi connectivity index (χ2v) is 11.1. The summed E-state index contributed by atoms with van der Waals surface area (Å²) in [5.74, 6) is 1.86. The van der Waals surface area contributed by atoms with Gasteiger partial charge in [-0.1, -0.05) is 12.2 Å². The Morgan fingerprint density at radius 2 is 1.92 bits per heavy atom. The molecule has 0 aromatic heterocycles. The summed E-state index contributed by atoms with van der Waals surface area (Å²) < 4.78 is 26.7. The summed E-state index contributed by atoms with van der Waals surface area (Å²) in [6.45, 7) is 5.50. The molecule has 1 saturated carbocycles. The number of hydrogen-bond acceptors (Lipinski definition) is 3.